The Morgan fingerprint density at radius 3 is 2.94 bits per heavy atom. The van der Waals surface area contributed by atoms with Gasteiger partial charge in [-0.25, -0.2) is 4.79 Å². The zero-order valence-electron chi connectivity index (χ0n) is 9.54. The largest absolute Gasteiger partial charge is 0.515 e. The summed E-state index contributed by atoms with van der Waals surface area (Å²) in [6.45, 7) is 3.92. The molecule has 0 bridgehead atoms. The second-order valence-electron chi connectivity index (χ2n) is 3.55. The molecule has 0 fully saturated rings. The zero-order chi connectivity index (χ0) is 12.4. The molecule has 1 N–H and O–H groups in total. The van der Waals surface area contributed by atoms with Crippen molar-refractivity contribution in [2.75, 3.05) is 6.61 Å². The summed E-state index contributed by atoms with van der Waals surface area (Å²) in [5.74, 6) is 0.427. The Bertz CT molecular complexity index is 562. The molecular formula is C12H12BrNO3. The van der Waals surface area contributed by atoms with Crippen molar-refractivity contribution < 1.29 is 14.3 Å². The van der Waals surface area contributed by atoms with Crippen molar-refractivity contribution >= 4 is 33.0 Å². The molecule has 2 aromatic rings. The number of halogens is 1. The number of fused-ring (bicyclic) bond motifs is 1. The number of H-pyrrole nitrogens is 1. The number of carbonyl (C=O) groups excluding carboxylic acids is 1. The van der Waals surface area contributed by atoms with E-state index in [1.54, 1.807) is 6.92 Å². The number of carbonyl (C=O) groups is 1. The predicted molar refractivity (Wildman–Crippen MR) is 68.4 cm³/mol. The van der Waals surface area contributed by atoms with Crippen LogP contribution >= 0.6 is 15.9 Å². The van der Waals surface area contributed by atoms with Gasteiger partial charge in [0.2, 0.25) is 5.88 Å². The van der Waals surface area contributed by atoms with Gasteiger partial charge >= 0.3 is 6.16 Å². The Hall–Kier alpha value is -1.49. The van der Waals surface area contributed by atoms with E-state index >= 15 is 0 Å². The highest BCUT2D eigenvalue weighted by molar-refractivity contribution is 9.10. The van der Waals surface area contributed by atoms with E-state index in [1.807, 2.05) is 25.1 Å². The number of hydrogen-bond donors (Lipinski definition) is 1. The standard InChI is InChI=1S/C12H12BrNO3/c1-3-16-12(15)17-11-7(2)9-6-8(13)4-5-10(9)14-11/h4-6,14H,3H2,1-2H3. The third-order valence-electron chi connectivity index (χ3n) is 2.42. The van der Waals surface area contributed by atoms with Gasteiger partial charge in [-0.15, -0.1) is 0 Å². The zero-order valence-corrected chi connectivity index (χ0v) is 11.1. The second-order valence-corrected chi connectivity index (χ2v) is 4.47. The van der Waals surface area contributed by atoms with Crippen LogP contribution < -0.4 is 4.74 Å². The molecule has 0 aliphatic carbocycles. The number of aryl methyl sites for hydroxylation is 1. The number of ether oxygens (including phenoxy) is 2. The first-order valence-corrected chi connectivity index (χ1v) is 6.03. The summed E-state index contributed by atoms with van der Waals surface area (Å²) in [6, 6.07) is 5.82. The molecule has 2 rings (SSSR count). The molecule has 0 aliphatic rings. The number of rotatable bonds is 2. The Balaban J connectivity index is 2.35. The Kier molecular flexibility index (Phi) is 3.38. The van der Waals surface area contributed by atoms with Crippen LogP contribution in [0.1, 0.15) is 12.5 Å². The molecular weight excluding hydrogens is 286 g/mol. The highest BCUT2D eigenvalue weighted by Gasteiger charge is 2.13. The van der Waals surface area contributed by atoms with Crippen LogP contribution in [-0.2, 0) is 4.74 Å². The topological polar surface area (TPSA) is 51.3 Å². The van der Waals surface area contributed by atoms with Gasteiger partial charge in [-0.3, -0.25) is 0 Å². The lowest BCUT2D eigenvalue weighted by molar-refractivity contribution is 0.103. The lowest BCUT2D eigenvalue weighted by atomic mass is 10.2. The van der Waals surface area contributed by atoms with E-state index in [0.717, 1.165) is 20.9 Å². The van der Waals surface area contributed by atoms with Crippen LogP contribution in [-0.4, -0.2) is 17.7 Å². The first kappa shape index (κ1) is 12.0. The Morgan fingerprint density at radius 2 is 2.24 bits per heavy atom. The number of nitrogens with one attached hydrogen (secondary N) is 1. The fourth-order valence-corrected chi connectivity index (χ4v) is 1.97. The van der Waals surface area contributed by atoms with Crippen molar-refractivity contribution in [2.45, 2.75) is 13.8 Å². The molecule has 5 heteroatoms. The molecule has 90 valence electrons. The van der Waals surface area contributed by atoms with Crippen molar-refractivity contribution in [1.29, 1.82) is 0 Å². The van der Waals surface area contributed by atoms with Crippen molar-refractivity contribution in [3.63, 3.8) is 0 Å². The van der Waals surface area contributed by atoms with E-state index < -0.39 is 6.16 Å². The van der Waals surface area contributed by atoms with Crippen molar-refractivity contribution in [3.8, 4) is 5.88 Å². The van der Waals surface area contributed by atoms with Gasteiger partial charge in [0.05, 0.1) is 6.61 Å². The predicted octanol–water partition coefficient (Wildman–Crippen LogP) is 3.77. The molecule has 1 aromatic carbocycles. The van der Waals surface area contributed by atoms with Crippen LogP contribution in [0.5, 0.6) is 5.88 Å². The Morgan fingerprint density at radius 1 is 1.47 bits per heavy atom. The van der Waals surface area contributed by atoms with Crippen LogP contribution in [0.25, 0.3) is 10.9 Å². The van der Waals surface area contributed by atoms with Crippen molar-refractivity contribution in [2.24, 2.45) is 0 Å². The van der Waals surface area contributed by atoms with Gasteiger partial charge in [-0.1, -0.05) is 15.9 Å². The Labute approximate surface area is 107 Å². The normalized spacial score (nSPS) is 10.5. The van der Waals surface area contributed by atoms with Crippen LogP contribution in [0.2, 0.25) is 0 Å². The number of hydrogen-bond acceptors (Lipinski definition) is 3. The summed E-state index contributed by atoms with van der Waals surface area (Å²) < 4.78 is 10.8. The van der Waals surface area contributed by atoms with E-state index in [0.29, 0.717) is 12.5 Å². The molecule has 0 unspecified atom stereocenters. The third kappa shape index (κ3) is 2.44. The van der Waals surface area contributed by atoms with Gasteiger partial charge < -0.3 is 14.5 Å². The second kappa shape index (κ2) is 4.79. The lowest BCUT2D eigenvalue weighted by Gasteiger charge is -2.02. The first-order valence-electron chi connectivity index (χ1n) is 5.24. The minimum atomic E-state index is -0.693. The van der Waals surface area contributed by atoms with E-state index in [4.69, 9.17) is 9.47 Å². The molecule has 4 nitrogen and oxygen atoms in total. The van der Waals surface area contributed by atoms with Crippen LogP contribution in [0, 0.1) is 6.92 Å². The summed E-state index contributed by atoms with van der Waals surface area (Å²) in [5.41, 5.74) is 1.80. The molecule has 0 aliphatic heterocycles. The summed E-state index contributed by atoms with van der Waals surface area (Å²) in [7, 11) is 0. The lowest BCUT2D eigenvalue weighted by Crippen LogP contribution is -2.10. The fraction of sp³-hybridized carbons (Fsp3) is 0.250. The molecule has 17 heavy (non-hydrogen) atoms. The van der Waals surface area contributed by atoms with Gasteiger partial charge in [0.1, 0.15) is 0 Å². The minimum absolute atomic E-state index is 0.295. The van der Waals surface area contributed by atoms with E-state index in [-0.39, 0.29) is 0 Å². The average molecular weight is 298 g/mol. The summed E-state index contributed by atoms with van der Waals surface area (Å²) in [5, 5.41) is 1.01. The maximum Gasteiger partial charge on any atom is 0.515 e. The SMILES string of the molecule is CCOC(=O)Oc1[nH]c2ccc(Br)cc2c1C. The quantitative estimate of drug-likeness (QED) is 0.858. The maximum absolute atomic E-state index is 11.2. The minimum Gasteiger partial charge on any atom is -0.434 e. The molecule has 0 atom stereocenters. The van der Waals surface area contributed by atoms with E-state index in [1.165, 1.54) is 0 Å². The van der Waals surface area contributed by atoms with Crippen molar-refractivity contribution in [1.82, 2.24) is 4.98 Å². The molecule has 0 amide bonds. The monoisotopic (exact) mass is 297 g/mol. The molecule has 0 saturated carbocycles. The van der Waals surface area contributed by atoms with Gasteiger partial charge in [-0.2, -0.15) is 0 Å². The number of benzene rings is 1. The molecule has 0 saturated heterocycles. The number of aromatic amines is 1. The summed E-state index contributed by atoms with van der Waals surface area (Å²) in [4.78, 5) is 14.3. The van der Waals surface area contributed by atoms with E-state index in [9.17, 15) is 4.79 Å². The number of aromatic nitrogens is 1. The molecule has 0 radical (unpaired) electrons. The fourth-order valence-electron chi connectivity index (χ4n) is 1.61. The first-order chi connectivity index (χ1) is 8.11. The van der Waals surface area contributed by atoms with Gasteiger partial charge in [0.25, 0.3) is 0 Å². The molecule has 1 heterocycles. The van der Waals surface area contributed by atoms with Crippen LogP contribution in [0.4, 0.5) is 4.79 Å². The van der Waals surface area contributed by atoms with Crippen molar-refractivity contribution in [3.05, 3.63) is 28.2 Å². The molecule has 1 aromatic heterocycles. The van der Waals surface area contributed by atoms with Crippen LogP contribution in [0.3, 0.4) is 0 Å². The third-order valence-corrected chi connectivity index (χ3v) is 2.92. The maximum atomic E-state index is 11.2. The average Bonchev–Trinajstić information content (AvgIpc) is 2.57. The van der Waals surface area contributed by atoms with Gasteiger partial charge in [0.15, 0.2) is 0 Å². The van der Waals surface area contributed by atoms with E-state index in [2.05, 4.69) is 20.9 Å². The highest BCUT2D eigenvalue weighted by atomic mass is 79.9. The summed E-state index contributed by atoms with van der Waals surface area (Å²) >= 11 is 3.41. The summed E-state index contributed by atoms with van der Waals surface area (Å²) in [6.07, 6.45) is -0.693. The van der Waals surface area contributed by atoms with Gasteiger partial charge in [-0.05, 0) is 32.0 Å². The highest BCUT2D eigenvalue weighted by Crippen LogP contribution is 2.29. The van der Waals surface area contributed by atoms with Crippen LogP contribution in [0.15, 0.2) is 22.7 Å². The van der Waals surface area contributed by atoms with Gasteiger partial charge in [0, 0.05) is 20.9 Å². The smallest absolute Gasteiger partial charge is 0.434 e. The molecule has 0 spiro atoms.